The monoisotopic (exact) mass is 373 g/mol. The first-order valence-corrected chi connectivity index (χ1v) is 8.07. The second-order valence-electron chi connectivity index (χ2n) is 5.27. The number of aromatic nitrogens is 2. The minimum atomic E-state index is -0.440. The number of methoxy groups -OCH3 is 2. The highest BCUT2D eigenvalue weighted by Gasteiger charge is 2.12. The number of carbonyl (C=O) groups is 1. The quantitative estimate of drug-likeness (QED) is 0.657. The standard InChI is InChI=1S/C18H16ClN3O4/c1-24-13-6-3-11(4-7-13)17-22-21-16(26-17)10-20-15-9-12(18(23)25-2)5-8-14(15)19/h3-9,20H,10H2,1-2H3. The largest absolute Gasteiger partial charge is 0.497 e. The summed E-state index contributed by atoms with van der Waals surface area (Å²) in [6.45, 7) is 0.257. The Hall–Kier alpha value is -3.06. The topological polar surface area (TPSA) is 86.5 Å². The van der Waals surface area contributed by atoms with Crippen molar-refractivity contribution in [2.45, 2.75) is 6.54 Å². The fraction of sp³-hybridized carbons (Fsp3) is 0.167. The maximum atomic E-state index is 11.6. The molecule has 0 amide bonds. The van der Waals surface area contributed by atoms with Gasteiger partial charge in [0.15, 0.2) is 0 Å². The van der Waals surface area contributed by atoms with E-state index in [-0.39, 0.29) is 6.54 Å². The van der Waals surface area contributed by atoms with E-state index in [1.807, 2.05) is 24.3 Å². The summed E-state index contributed by atoms with van der Waals surface area (Å²) in [6, 6.07) is 12.1. The van der Waals surface area contributed by atoms with E-state index in [0.29, 0.717) is 28.1 Å². The highest BCUT2D eigenvalue weighted by atomic mass is 35.5. The lowest BCUT2D eigenvalue weighted by Crippen LogP contribution is -2.04. The number of nitrogens with zero attached hydrogens (tertiary/aromatic N) is 2. The van der Waals surface area contributed by atoms with Gasteiger partial charge in [-0.2, -0.15) is 0 Å². The third-order valence-electron chi connectivity index (χ3n) is 3.62. The van der Waals surface area contributed by atoms with E-state index < -0.39 is 5.97 Å². The Bertz CT molecular complexity index is 909. The van der Waals surface area contributed by atoms with Crippen LogP contribution in [0.2, 0.25) is 5.02 Å². The maximum absolute atomic E-state index is 11.6. The first-order chi connectivity index (χ1) is 12.6. The van der Waals surface area contributed by atoms with Crippen molar-refractivity contribution in [2.24, 2.45) is 0 Å². The molecule has 0 aliphatic rings. The lowest BCUT2D eigenvalue weighted by Gasteiger charge is -2.08. The number of esters is 1. The molecular weight excluding hydrogens is 358 g/mol. The molecule has 0 fully saturated rings. The number of hydrogen-bond donors (Lipinski definition) is 1. The van der Waals surface area contributed by atoms with Gasteiger partial charge in [-0.1, -0.05) is 11.6 Å². The Kier molecular flexibility index (Phi) is 5.38. The van der Waals surface area contributed by atoms with Crippen molar-refractivity contribution in [3.8, 4) is 17.2 Å². The number of anilines is 1. The molecule has 1 aromatic heterocycles. The second kappa shape index (κ2) is 7.88. The van der Waals surface area contributed by atoms with E-state index in [9.17, 15) is 4.79 Å². The van der Waals surface area contributed by atoms with Crippen LogP contribution < -0.4 is 10.1 Å². The Morgan fingerprint density at radius 3 is 2.62 bits per heavy atom. The molecule has 1 N–H and O–H groups in total. The Balaban J connectivity index is 1.71. The molecule has 1 heterocycles. The van der Waals surface area contributed by atoms with Gasteiger partial charge >= 0.3 is 5.97 Å². The summed E-state index contributed by atoms with van der Waals surface area (Å²) in [4.78, 5) is 11.6. The van der Waals surface area contributed by atoms with Crippen molar-refractivity contribution < 1.29 is 18.7 Å². The molecule has 0 radical (unpaired) electrons. The van der Waals surface area contributed by atoms with Crippen LogP contribution in [0.25, 0.3) is 11.5 Å². The molecule has 2 aromatic carbocycles. The van der Waals surface area contributed by atoms with E-state index >= 15 is 0 Å². The fourth-order valence-corrected chi connectivity index (χ4v) is 2.44. The predicted octanol–water partition coefficient (Wildman–Crippen LogP) is 3.80. The molecule has 7 nitrogen and oxygen atoms in total. The number of halogens is 1. The Morgan fingerprint density at radius 1 is 1.15 bits per heavy atom. The lowest BCUT2D eigenvalue weighted by atomic mass is 10.2. The van der Waals surface area contributed by atoms with Crippen LogP contribution in [0.5, 0.6) is 5.75 Å². The predicted molar refractivity (Wildman–Crippen MR) is 96.4 cm³/mol. The highest BCUT2D eigenvalue weighted by Crippen LogP contribution is 2.25. The van der Waals surface area contributed by atoms with Crippen LogP contribution >= 0.6 is 11.6 Å². The first-order valence-electron chi connectivity index (χ1n) is 7.69. The molecule has 26 heavy (non-hydrogen) atoms. The average molecular weight is 374 g/mol. The van der Waals surface area contributed by atoms with Gasteiger partial charge in [0.1, 0.15) is 5.75 Å². The number of benzene rings is 2. The van der Waals surface area contributed by atoms with Crippen LogP contribution in [0.4, 0.5) is 5.69 Å². The molecule has 0 unspecified atom stereocenters. The van der Waals surface area contributed by atoms with E-state index in [1.165, 1.54) is 7.11 Å². The molecule has 8 heteroatoms. The van der Waals surface area contributed by atoms with Crippen LogP contribution in [0, 0.1) is 0 Å². The maximum Gasteiger partial charge on any atom is 0.337 e. The number of nitrogens with one attached hydrogen (secondary N) is 1. The molecular formula is C18H16ClN3O4. The van der Waals surface area contributed by atoms with E-state index in [0.717, 1.165) is 11.3 Å². The van der Waals surface area contributed by atoms with Gasteiger partial charge in [-0.25, -0.2) is 4.79 Å². The van der Waals surface area contributed by atoms with Gasteiger partial charge in [0, 0.05) is 5.56 Å². The minimum absolute atomic E-state index is 0.257. The van der Waals surface area contributed by atoms with Gasteiger partial charge in [0.05, 0.1) is 37.0 Å². The summed E-state index contributed by atoms with van der Waals surface area (Å²) < 4.78 is 15.5. The van der Waals surface area contributed by atoms with E-state index in [4.69, 9.17) is 25.5 Å². The first kappa shape index (κ1) is 17.8. The summed E-state index contributed by atoms with van der Waals surface area (Å²) >= 11 is 6.15. The fourth-order valence-electron chi connectivity index (χ4n) is 2.25. The SMILES string of the molecule is COC(=O)c1ccc(Cl)c(NCc2nnc(-c3ccc(OC)cc3)o2)c1. The van der Waals surface area contributed by atoms with Crippen molar-refractivity contribution in [3.05, 3.63) is 58.9 Å². The smallest absolute Gasteiger partial charge is 0.337 e. The Morgan fingerprint density at radius 2 is 1.92 bits per heavy atom. The van der Waals surface area contributed by atoms with Crippen molar-refractivity contribution in [3.63, 3.8) is 0 Å². The van der Waals surface area contributed by atoms with Crippen LogP contribution in [-0.2, 0) is 11.3 Å². The minimum Gasteiger partial charge on any atom is -0.497 e. The highest BCUT2D eigenvalue weighted by molar-refractivity contribution is 6.33. The average Bonchev–Trinajstić information content (AvgIpc) is 3.16. The summed E-state index contributed by atoms with van der Waals surface area (Å²) in [7, 11) is 2.93. The third kappa shape index (κ3) is 3.94. The second-order valence-corrected chi connectivity index (χ2v) is 5.68. The van der Waals surface area contributed by atoms with Gasteiger partial charge in [0.25, 0.3) is 0 Å². The van der Waals surface area contributed by atoms with Crippen molar-refractivity contribution >= 4 is 23.3 Å². The molecule has 0 spiro atoms. The van der Waals surface area contributed by atoms with Gasteiger partial charge in [-0.15, -0.1) is 10.2 Å². The zero-order valence-corrected chi connectivity index (χ0v) is 14.9. The Labute approximate surface area is 154 Å². The molecule has 0 aliphatic heterocycles. The van der Waals surface area contributed by atoms with Gasteiger partial charge in [-0.3, -0.25) is 0 Å². The lowest BCUT2D eigenvalue weighted by molar-refractivity contribution is 0.0601. The molecule has 0 bridgehead atoms. The molecule has 3 aromatic rings. The molecule has 0 atom stereocenters. The molecule has 0 saturated heterocycles. The molecule has 3 rings (SSSR count). The third-order valence-corrected chi connectivity index (χ3v) is 3.95. The summed E-state index contributed by atoms with van der Waals surface area (Å²) in [5.74, 6) is 1.09. The van der Waals surface area contributed by atoms with Gasteiger partial charge < -0.3 is 19.2 Å². The molecule has 0 aliphatic carbocycles. The summed E-state index contributed by atoms with van der Waals surface area (Å²) in [5, 5.41) is 11.6. The van der Waals surface area contributed by atoms with Crippen molar-refractivity contribution in [1.29, 1.82) is 0 Å². The molecule has 0 saturated carbocycles. The molecule has 134 valence electrons. The van der Waals surface area contributed by atoms with Crippen molar-refractivity contribution in [2.75, 3.05) is 19.5 Å². The van der Waals surface area contributed by atoms with E-state index in [2.05, 4.69) is 15.5 Å². The zero-order valence-electron chi connectivity index (χ0n) is 14.2. The van der Waals surface area contributed by atoms with Crippen LogP contribution in [-0.4, -0.2) is 30.4 Å². The van der Waals surface area contributed by atoms with Crippen LogP contribution in [0.3, 0.4) is 0 Å². The zero-order chi connectivity index (χ0) is 18.5. The number of hydrogen-bond acceptors (Lipinski definition) is 7. The number of rotatable bonds is 6. The van der Waals surface area contributed by atoms with Gasteiger partial charge in [-0.05, 0) is 42.5 Å². The van der Waals surface area contributed by atoms with E-state index in [1.54, 1.807) is 25.3 Å². The van der Waals surface area contributed by atoms with Crippen LogP contribution in [0.1, 0.15) is 16.2 Å². The normalized spacial score (nSPS) is 10.4. The number of ether oxygens (including phenoxy) is 2. The number of carbonyl (C=O) groups excluding carboxylic acids is 1. The van der Waals surface area contributed by atoms with Crippen LogP contribution in [0.15, 0.2) is 46.9 Å². The van der Waals surface area contributed by atoms with Gasteiger partial charge in [0.2, 0.25) is 11.8 Å². The van der Waals surface area contributed by atoms with Crippen molar-refractivity contribution in [1.82, 2.24) is 10.2 Å². The summed E-state index contributed by atoms with van der Waals surface area (Å²) in [6.07, 6.45) is 0. The summed E-state index contributed by atoms with van der Waals surface area (Å²) in [5.41, 5.74) is 1.75.